The second-order valence-electron chi connectivity index (χ2n) is 3.48. The summed E-state index contributed by atoms with van der Waals surface area (Å²) in [5, 5.41) is 0.0127. The van der Waals surface area contributed by atoms with Crippen molar-refractivity contribution < 1.29 is 13.6 Å². The summed E-state index contributed by atoms with van der Waals surface area (Å²) in [5.41, 5.74) is 0.968. The number of benzene rings is 2. The Morgan fingerprint density at radius 2 is 1.53 bits per heavy atom. The van der Waals surface area contributed by atoms with Gasteiger partial charge in [0.1, 0.15) is 11.6 Å². The molecule has 0 aliphatic carbocycles. The third-order valence-electron chi connectivity index (χ3n) is 2.38. The van der Waals surface area contributed by atoms with Gasteiger partial charge in [-0.15, -0.1) is 0 Å². The average molecular weight is 253 g/mol. The molecule has 2 aromatic carbocycles. The maximum absolute atomic E-state index is 13.4. The minimum Gasteiger partial charge on any atom is -0.298 e. The Morgan fingerprint density at radius 1 is 0.941 bits per heavy atom. The minimum absolute atomic E-state index is 0.0127. The molecule has 0 saturated carbocycles. The van der Waals surface area contributed by atoms with Crippen molar-refractivity contribution >= 4 is 17.9 Å². The van der Waals surface area contributed by atoms with Gasteiger partial charge in [-0.2, -0.15) is 0 Å². The average Bonchev–Trinajstić information content (AvgIpc) is 2.32. The molecule has 0 aromatic heterocycles. The van der Waals surface area contributed by atoms with Gasteiger partial charge in [-0.05, 0) is 35.4 Å². The van der Waals surface area contributed by atoms with Crippen molar-refractivity contribution in [3.05, 3.63) is 58.6 Å². The fourth-order valence-corrected chi connectivity index (χ4v) is 1.60. The molecular weight excluding hydrogens is 246 g/mol. The summed E-state index contributed by atoms with van der Waals surface area (Å²) >= 11 is 5.55. The molecule has 2 aromatic rings. The molecule has 0 spiro atoms. The first kappa shape index (κ1) is 11.7. The van der Waals surface area contributed by atoms with E-state index in [9.17, 15) is 13.6 Å². The fourth-order valence-electron chi connectivity index (χ4n) is 1.48. The molecule has 0 bridgehead atoms. The number of carbonyl (C=O) groups excluding carboxylic acids is 1. The lowest BCUT2D eigenvalue weighted by molar-refractivity contribution is 0.112. The second-order valence-corrected chi connectivity index (χ2v) is 3.89. The molecule has 0 N–H and O–H groups in total. The van der Waals surface area contributed by atoms with E-state index in [1.807, 2.05) is 0 Å². The molecule has 0 heterocycles. The highest BCUT2D eigenvalue weighted by Crippen LogP contribution is 2.25. The van der Waals surface area contributed by atoms with E-state index in [0.29, 0.717) is 17.4 Å². The summed E-state index contributed by atoms with van der Waals surface area (Å²) in [6.07, 6.45) is 0.432. The van der Waals surface area contributed by atoms with Gasteiger partial charge in [-0.3, -0.25) is 4.79 Å². The lowest BCUT2D eigenvalue weighted by Crippen LogP contribution is -1.89. The summed E-state index contributed by atoms with van der Waals surface area (Å²) in [7, 11) is 0. The number of halogens is 3. The highest BCUT2D eigenvalue weighted by Gasteiger charge is 2.06. The highest BCUT2D eigenvalue weighted by molar-refractivity contribution is 6.30. The summed E-state index contributed by atoms with van der Waals surface area (Å²) in [6.45, 7) is 0. The van der Waals surface area contributed by atoms with Crippen molar-refractivity contribution in [1.29, 1.82) is 0 Å². The van der Waals surface area contributed by atoms with Gasteiger partial charge < -0.3 is 0 Å². The van der Waals surface area contributed by atoms with Crippen molar-refractivity contribution in [2.45, 2.75) is 0 Å². The molecule has 86 valence electrons. The quantitative estimate of drug-likeness (QED) is 0.736. The number of carbonyl (C=O) groups is 1. The molecule has 0 radical (unpaired) electrons. The van der Waals surface area contributed by atoms with E-state index in [1.165, 1.54) is 24.3 Å². The van der Waals surface area contributed by atoms with Crippen molar-refractivity contribution in [3.8, 4) is 11.1 Å². The third kappa shape index (κ3) is 2.34. The largest absolute Gasteiger partial charge is 0.298 e. The normalized spacial score (nSPS) is 10.3. The molecule has 0 saturated heterocycles. The zero-order valence-electron chi connectivity index (χ0n) is 8.58. The predicted molar refractivity (Wildman–Crippen MR) is 62.2 cm³/mol. The lowest BCUT2D eigenvalue weighted by atomic mass is 10.0. The van der Waals surface area contributed by atoms with Gasteiger partial charge in [0.05, 0.1) is 10.6 Å². The van der Waals surface area contributed by atoms with Crippen LogP contribution in [0.2, 0.25) is 5.02 Å². The van der Waals surface area contributed by atoms with E-state index < -0.39 is 11.6 Å². The van der Waals surface area contributed by atoms with Crippen LogP contribution in [-0.4, -0.2) is 6.29 Å². The van der Waals surface area contributed by atoms with Gasteiger partial charge in [0.15, 0.2) is 6.29 Å². The smallest absolute Gasteiger partial charge is 0.152 e. The van der Waals surface area contributed by atoms with Gasteiger partial charge in [0.25, 0.3) is 0 Å². The number of rotatable bonds is 2. The maximum atomic E-state index is 13.4. The molecule has 0 atom stereocenters. The molecule has 0 aliphatic rings. The van der Waals surface area contributed by atoms with Gasteiger partial charge in [-0.1, -0.05) is 23.7 Å². The highest BCUT2D eigenvalue weighted by atomic mass is 35.5. The van der Waals surface area contributed by atoms with Crippen LogP contribution in [0.15, 0.2) is 36.4 Å². The van der Waals surface area contributed by atoms with E-state index >= 15 is 0 Å². The first-order valence-electron chi connectivity index (χ1n) is 4.82. The van der Waals surface area contributed by atoms with Gasteiger partial charge in [0.2, 0.25) is 0 Å². The number of hydrogen-bond acceptors (Lipinski definition) is 1. The van der Waals surface area contributed by atoms with E-state index in [1.54, 1.807) is 12.1 Å². The number of hydrogen-bond donors (Lipinski definition) is 0. The second kappa shape index (κ2) is 4.63. The van der Waals surface area contributed by atoms with Crippen LogP contribution in [0.1, 0.15) is 10.4 Å². The Morgan fingerprint density at radius 3 is 2.06 bits per heavy atom. The van der Waals surface area contributed by atoms with E-state index in [-0.39, 0.29) is 10.6 Å². The minimum atomic E-state index is -0.632. The van der Waals surface area contributed by atoms with Crippen LogP contribution in [0, 0.1) is 11.6 Å². The summed E-state index contributed by atoms with van der Waals surface area (Å²) in [6, 6.07) is 8.29. The Kier molecular flexibility index (Phi) is 3.20. The van der Waals surface area contributed by atoms with Crippen molar-refractivity contribution in [2.24, 2.45) is 0 Å². The number of aldehydes is 1. The SMILES string of the molecule is O=Cc1ccc(-c2ccc(Cl)c(F)c2)cc1F. The van der Waals surface area contributed by atoms with Gasteiger partial charge >= 0.3 is 0 Å². The Bertz CT molecular complexity index is 582. The molecule has 1 nitrogen and oxygen atoms in total. The molecule has 0 unspecified atom stereocenters. The molecule has 2 rings (SSSR count). The molecule has 17 heavy (non-hydrogen) atoms. The lowest BCUT2D eigenvalue weighted by Gasteiger charge is -2.04. The first-order chi connectivity index (χ1) is 8.11. The van der Waals surface area contributed by atoms with Gasteiger partial charge in [0, 0.05) is 0 Å². The van der Waals surface area contributed by atoms with Crippen LogP contribution >= 0.6 is 11.6 Å². The van der Waals surface area contributed by atoms with E-state index in [0.717, 1.165) is 0 Å². The van der Waals surface area contributed by atoms with Crippen LogP contribution in [-0.2, 0) is 0 Å². The monoisotopic (exact) mass is 252 g/mol. The Balaban J connectivity index is 2.49. The van der Waals surface area contributed by atoms with E-state index in [2.05, 4.69) is 0 Å². The van der Waals surface area contributed by atoms with E-state index in [4.69, 9.17) is 11.6 Å². The topological polar surface area (TPSA) is 17.1 Å². The van der Waals surface area contributed by atoms with Crippen molar-refractivity contribution in [1.82, 2.24) is 0 Å². The standard InChI is InChI=1S/C13H7ClF2O/c14-11-4-3-9(6-13(11)16)8-1-2-10(7-17)12(15)5-8/h1-7H. The molecule has 0 aliphatic heterocycles. The summed E-state index contributed by atoms with van der Waals surface area (Å²) in [5.74, 6) is -1.20. The maximum Gasteiger partial charge on any atom is 0.152 e. The zero-order valence-corrected chi connectivity index (χ0v) is 9.34. The molecular formula is C13H7ClF2O. The van der Waals surface area contributed by atoms with Crippen LogP contribution < -0.4 is 0 Å². The van der Waals surface area contributed by atoms with Crippen LogP contribution in [0.25, 0.3) is 11.1 Å². The Hall–Kier alpha value is -1.74. The third-order valence-corrected chi connectivity index (χ3v) is 2.69. The first-order valence-corrected chi connectivity index (χ1v) is 5.20. The fraction of sp³-hybridized carbons (Fsp3) is 0. The van der Waals surface area contributed by atoms with Gasteiger partial charge in [-0.25, -0.2) is 8.78 Å². The zero-order chi connectivity index (χ0) is 12.4. The van der Waals surface area contributed by atoms with Crippen LogP contribution in [0.3, 0.4) is 0 Å². The van der Waals surface area contributed by atoms with Crippen molar-refractivity contribution in [2.75, 3.05) is 0 Å². The predicted octanol–water partition coefficient (Wildman–Crippen LogP) is 4.10. The van der Waals surface area contributed by atoms with Crippen LogP contribution in [0.5, 0.6) is 0 Å². The molecule has 0 amide bonds. The summed E-state index contributed by atoms with van der Waals surface area (Å²) < 4.78 is 26.6. The Labute approximate surface area is 102 Å². The van der Waals surface area contributed by atoms with Crippen molar-refractivity contribution in [3.63, 3.8) is 0 Å². The molecule has 4 heteroatoms. The molecule has 0 fully saturated rings. The summed E-state index contributed by atoms with van der Waals surface area (Å²) in [4.78, 5) is 10.5. The van der Waals surface area contributed by atoms with Crippen LogP contribution in [0.4, 0.5) is 8.78 Å².